The van der Waals surface area contributed by atoms with E-state index >= 15 is 0 Å². The van der Waals surface area contributed by atoms with E-state index in [9.17, 15) is 9.18 Å². The summed E-state index contributed by atoms with van der Waals surface area (Å²) in [7, 11) is 0. The molecule has 1 saturated carbocycles. The number of ether oxygens (including phenoxy) is 1. The zero-order chi connectivity index (χ0) is 12.3. The van der Waals surface area contributed by atoms with Gasteiger partial charge in [-0.15, -0.1) is 0 Å². The second-order valence-corrected chi connectivity index (χ2v) is 4.49. The summed E-state index contributed by atoms with van der Waals surface area (Å²) in [5, 5.41) is 8.97. The SMILES string of the molecule is O=C(O)C1(CCCOc2cccc(F)c2)CC1. The fourth-order valence-corrected chi connectivity index (χ4v) is 1.88. The third-order valence-electron chi connectivity index (χ3n) is 3.17. The van der Waals surface area contributed by atoms with E-state index in [-0.39, 0.29) is 5.82 Å². The van der Waals surface area contributed by atoms with Crippen molar-refractivity contribution in [3.05, 3.63) is 30.1 Å². The lowest BCUT2D eigenvalue weighted by Gasteiger charge is -2.10. The van der Waals surface area contributed by atoms with Gasteiger partial charge in [-0.1, -0.05) is 6.07 Å². The molecule has 4 heteroatoms. The molecule has 1 fully saturated rings. The van der Waals surface area contributed by atoms with Gasteiger partial charge in [0.15, 0.2) is 0 Å². The molecule has 0 spiro atoms. The molecule has 0 radical (unpaired) electrons. The molecule has 92 valence electrons. The van der Waals surface area contributed by atoms with E-state index in [0.717, 1.165) is 12.8 Å². The quantitative estimate of drug-likeness (QED) is 0.775. The topological polar surface area (TPSA) is 46.5 Å². The van der Waals surface area contributed by atoms with Crippen LogP contribution >= 0.6 is 0 Å². The van der Waals surface area contributed by atoms with E-state index in [0.29, 0.717) is 25.2 Å². The van der Waals surface area contributed by atoms with Crippen molar-refractivity contribution in [1.82, 2.24) is 0 Å². The van der Waals surface area contributed by atoms with Gasteiger partial charge in [-0.2, -0.15) is 0 Å². The standard InChI is InChI=1S/C13H15FO3/c14-10-3-1-4-11(9-10)17-8-2-5-13(6-7-13)12(15)16/h1,3-4,9H,2,5-8H2,(H,15,16). The van der Waals surface area contributed by atoms with Crippen LogP contribution in [-0.4, -0.2) is 17.7 Å². The third-order valence-corrected chi connectivity index (χ3v) is 3.17. The summed E-state index contributed by atoms with van der Waals surface area (Å²) in [6.45, 7) is 0.429. The second kappa shape index (κ2) is 4.73. The Morgan fingerprint density at radius 1 is 1.47 bits per heavy atom. The van der Waals surface area contributed by atoms with E-state index < -0.39 is 11.4 Å². The Kier molecular flexibility index (Phi) is 3.31. The van der Waals surface area contributed by atoms with Gasteiger partial charge in [-0.3, -0.25) is 4.79 Å². The molecule has 1 aliphatic carbocycles. The highest BCUT2D eigenvalue weighted by molar-refractivity contribution is 5.77. The molecule has 0 atom stereocenters. The Morgan fingerprint density at radius 3 is 2.82 bits per heavy atom. The average molecular weight is 238 g/mol. The number of aliphatic carboxylic acids is 1. The molecular weight excluding hydrogens is 223 g/mol. The van der Waals surface area contributed by atoms with Crippen LogP contribution in [0.5, 0.6) is 5.75 Å². The number of halogens is 1. The molecule has 0 heterocycles. The van der Waals surface area contributed by atoms with E-state index in [1.54, 1.807) is 12.1 Å². The molecule has 17 heavy (non-hydrogen) atoms. The van der Waals surface area contributed by atoms with Crippen molar-refractivity contribution < 1.29 is 19.0 Å². The minimum atomic E-state index is -0.705. The summed E-state index contributed by atoms with van der Waals surface area (Å²) in [6.07, 6.45) is 2.85. The van der Waals surface area contributed by atoms with Crippen LogP contribution in [0.25, 0.3) is 0 Å². The van der Waals surface area contributed by atoms with Crippen LogP contribution in [0.4, 0.5) is 4.39 Å². The van der Waals surface area contributed by atoms with Gasteiger partial charge in [-0.05, 0) is 37.8 Å². The first-order valence-corrected chi connectivity index (χ1v) is 5.74. The Hall–Kier alpha value is -1.58. The predicted molar refractivity (Wildman–Crippen MR) is 60.4 cm³/mol. The molecule has 2 rings (SSSR count). The number of carboxylic acid groups (broad SMARTS) is 1. The van der Waals surface area contributed by atoms with Crippen LogP contribution in [0.2, 0.25) is 0 Å². The fraction of sp³-hybridized carbons (Fsp3) is 0.462. The van der Waals surface area contributed by atoms with Crippen molar-refractivity contribution in [2.75, 3.05) is 6.61 Å². The highest BCUT2D eigenvalue weighted by Gasteiger charge is 2.49. The summed E-state index contributed by atoms with van der Waals surface area (Å²) in [4.78, 5) is 10.9. The van der Waals surface area contributed by atoms with Gasteiger partial charge < -0.3 is 9.84 Å². The van der Waals surface area contributed by atoms with Gasteiger partial charge in [0.25, 0.3) is 0 Å². The molecule has 1 aliphatic rings. The number of carboxylic acids is 1. The lowest BCUT2D eigenvalue weighted by Crippen LogP contribution is -2.15. The summed E-state index contributed by atoms with van der Waals surface area (Å²) in [5.41, 5.74) is -0.495. The van der Waals surface area contributed by atoms with Crippen molar-refractivity contribution in [3.63, 3.8) is 0 Å². The maximum atomic E-state index is 12.8. The number of carbonyl (C=O) groups is 1. The third kappa shape index (κ3) is 2.96. The van der Waals surface area contributed by atoms with Crippen molar-refractivity contribution >= 4 is 5.97 Å². The number of rotatable bonds is 6. The second-order valence-electron chi connectivity index (χ2n) is 4.49. The summed E-state index contributed by atoms with van der Waals surface area (Å²) >= 11 is 0. The smallest absolute Gasteiger partial charge is 0.309 e. The number of hydrogen-bond acceptors (Lipinski definition) is 2. The van der Waals surface area contributed by atoms with Crippen LogP contribution in [0, 0.1) is 11.2 Å². The van der Waals surface area contributed by atoms with Crippen molar-refractivity contribution in [1.29, 1.82) is 0 Å². The molecule has 0 aromatic heterocycles. The van der Waals surface area contributed by atoms with Crippen molar-refractivity contribution in [3.8, 4) is 5.75 Å². The Balaban J connectivity index is 1.72. The Bertz CT molecular complexity index is 413. The van der Waals surface area contributed by atoms with Crippen LogP contribution in [0.1, 0.15) is 25.7 Å². The minimum Gasteiger partial charge on any atom is -0.493 e. The molecule has 0 bridgehead atoms. The van der Waals surface area contributed by atoms with Crippen molar-refractivity contribution in [2.24, 2.45) is 5.41 Å². The molecule has 0 unspecified atom stereocenters. The molecule has 0 saturated heterocycles. The van der Waals surface area contributed by atoms with Crippen LogP contribution < -0.4 is 4.74 Å². The average Bonchev–Trinajstić information content (AvgIpc) is 3.06. The fourth-order valence-electron chi connectivity index (χ4n) is 1.88. The van der Waals surface area contributed by atoms with Gasteiger partial charge in [-0.25, -0.2) is 4.39 Å². The summed E-state index contributed by atoms with van der Waals surface area (Å²) < 4.78 is 18.2. The monoisotopic (exact) mass is 238 g/mol. The largest absolute Gasteiger partial charge is 0.493 e. The molecule has 0 aliphatic heterocycles. The summed E-state index contributed by atoms with van der Waals surface area (Å²) in [6, 6.07) is 5.96. The molecule has 0 amide bonds. The molecule has 1 aromatic rings. The first-order chi connectivity index (χ1) is 8.12. The zero-order valence-corrected chi connectivity index (χ0v) is 9.49. The molecule has 1 N–H and O–H groups in total. The summed E-state index contributed by atoms with van der Waals surface area (Å²) in [5.74, 6) is -0.542. The van der Waals surface area contributed by atoms with Gasteiger partial charge >= 0.3 is 5.97 Å². The number of hydrogen-bond donors (Lipinski definition) is 1. The van der Waals surface area contributed by atoms with Crippen LogP contribution in [0.15, 0.2) is 24.3 Å². The van der Waals surface area contributed by atoms with Crippen LogP contribution in [0.3, 0.4) is 0 Å². The normalized spacial score (nSPS) is 16.5. The Morgan fingerprint density at radius 2 is 2.24 bits per heavy atom. The highest BCUT2D eigenvalue weighted by atomic mass is 19.1. The first kappa shape index (κ1) is 11.9. The Labute approximate surface area is 99.2 Å². The molecule has 3 nitrogen and oxygen atoms in total. The van der Waals surface area contributed by atoms with Crippen LogP contribution in [-0.2, 0) is 4.79 Å². The highest BCUT2D eigenvalue weighted by Crippen LogP contribution is 2.49. The van der Waals surface area contributed by atoms with Gasteiger partial charge in [0.05, 0.1) is 12.0 Å². The van der Waals surface area contributed by atoms with E-state index in [2.05, 4.69) is 0 Å². The maximum Gasteiger partial charge on any atom is 0.309 e. The number of benzene rings is 1. The molecule has 1 aromatic carbocycles. The zero-order valence-electron chi connectivity index (χ0n) is 9.49. The van der Waals surface area contributed by atoms with Gasteiger partial charge in [0.1, 0.15) is 11.6 Å². The van der Waals surface area contributed by atoms with E-state index in [1.165, 1.54) is 12.1 Å². The van der Waals surface area contributed by atoms with Crippen molar-refractivity contribution in [2.45, 2.75) is 25.7 Å². The van der Waals surface area contributed by atoms with E-state index in [4.69, 9.17) is 9.84 Å². The lowest BCUT2D eigenvalue weighted by atomic mass is 10.0. The lowest BCUT2D eigenvalue weighted by molar-refractivity contribution is -0.143. The van der Waals surface area contributed by atoms with E-state index in [1.807, 2.05) is 0 Å². The minimum absolute atomic E-state index is 0.327. The van der Waals surface area contributed by atoms with Gasteiger partial charge in [0.2, 0.25) is 0 Å². The predicted octanol–water partition coefficient (Wildman–Crippen LogP) is 2.85. The van der Waals surface area contributed by atoms with Gasteiger partial charge in [0, 0.05) is 6.07 Å². The maximum absolute atomic E-state index is 12.8. The molecular formula is C13H15FO3. The first-order valence-electron chi connectivity index (χ1n) is 5.74.